The number of pyridine rings is 2. The zero-order valence-corrected chi connectivity index (χ0v) is 19.0. The van der Waals surface area contributed by atoms with Crippen molar-refractivity contribution in [1.29, 1.82) is 0 Å². The standard InChI is InChI=1S/C22H18Cl3N5O2/c23-12-5-14-13-1-2-26-9-19(13)28-21(14)18(6-12)29-22(31)20-11-32-4-3-30(20)10-15-16(24)7-27-8-17(15)25/h1-2,5-9,20,28H,3-4,10-11H2,(H,29,31)/t20-/m0/s1. The summed E-state index contributed by atoms with van der Waals surface area (Å²) >= 11 is 19.0. The largest absolute Gasteiger partial charge is 0.378 e. The lowest BCUT2D eigenvalue weighted by molar-refractivity contribution is -0.127. The highest BCUT2D eigenvalue weighted by atomic mass is 35.5. The number of aromatic amines is 1. The smallest absolute Gasteiger partial charge is 0.244 e. The molecular weight excluding hydrogens is 473 g/mol. The minimum Gasteiger partial charge on any atom is -0.378 e. The maximum Gasteiger partial charge on any atom is 0.244 e. The highest BCUT2D eigenvalue weighted by Crippen LogP contribution is 2.33. The van der Waals surface area contributed by atoms with Crippen LogP contribution in [0.5, 0.6) is 0 Å². The number of morpholine rings is 1. The first-order chi connectivity index (χ1) is 15.5. The molecule has 0 radical (unpaired) electrons. The first-order valence-corrected chi connectivity index (χ1v) is 11.1. The van der Waals surface area contributed by atoms with Crippen LogP contribution in [0.1, 0.15) is 5.56 Å². The summed E-state index contributed by atoms with van der Waals surface area (Å²) in [5, 5.41) is 6.38. The predicted molar refractivity (Wildman–Crippen MR) is 127 cm³/mol. The third-order valence-corrected chi connectivity index (χ3v) is 6.46. The summed E-state index contributed by atoms with van der Waals surface area (Å²) in [7, 11) is 0. The molecule has 7 nitrogen and oxygen atoms in total. The summed E-state index contributed by atoms with van der Waals surface area (Å²) in [5.74, 6) is -0.202. The molecule has 2 N–H and O–H groups in total. The van der Waals surface area contributed by atoms with Crippen molar-refractivity contribution in [3.63, 3.8) is 0 Å². The third-order valence-electron chi connectivity index (χ3n) is 5.59. The normalized spacial score (nSPS) is 17.2. The van der Waals surface area contributed by atoms with Crippen molar-refractivity contribution < 1.29 is 9.53 Å². The summed E-state index contributed by atoms with van der Waals surface area (Å²) in [4.78, 5) is 26.8. The Balaban J connectivity index is 1.45. The van der Waals surface area contributed by atoms with Crippen molar-refractivity contribution in [3.05, 3.63) is 63.6 Å². The molecular formula is C22H18Cl3N5O2. The van der Waals surface area contributed by atoms with Gasteiger partial charge < -0.3 is 15.0 Å². The molecule has 1 fully saturated rings. The number of nitrogens with zero attached hydrogens (tertiary/aromatic N) is 3. The van der Waals surface area contributed by atoms with E-state index in [1.54, 1.807) is 30.9 Å². The molecule has 32 heavy (non-hydrogen) atoms. The van der Waals surface area contributed by atoms with E-state index in [2.05, 4.69) is 20.3 Å². The highest BCUT2D eigenvalue weighted by molar-refractivity contribution is 6.35. The van der Waals surface area contributed by atoms with Crippen molar-refractivity contribution in [2.24, 2.45) is 0 Å². The van der Waals surface area contributed by atoms with Crippen molar-refractivity contribution in [2.45, 2.75) is 12.6 Å². The van der Waals surface area contributed by atoms with Gasteiger partial charge in [0.25, 0.3) is 0 Å². The SMILES string of the molecule is O=C(Nc1cc(Cl)cc2c1[nH]c1cnccc12)[C@@H]1COCCN1Cc1c(Cl)cncc1Cl. The van der Waals surface area contributed by atoms with E-state index in [1.807, 2.05) is 17.0 Å². The summed E-state index contributed by atoms with van der Waals surface area (Å²) in [6.07, 6.45) is 6.56. The Morgan fingerprint density at radius 3 is 2.78 bits per heavy atom. The second kappa shape index (κ2) is 8.84. The topological polar surface area (TPSA) is 83.1 Å². The molecule has 0 bridgehead atoms. The van der Waals surface area contributed by atoms with E-state index >= 15 is 0 Å². The van der Waals surface area contributed by atoms with Crippen LogP contribution in [-0.4, -0.2) is 51.6 Å². The highest BCUT2D eigenvalue weighted by Gasteiger charge is 2.31. The number of carbonyl (C=O) groups excluding carboxylic acids is 1. The molecule has 0 saturated carbocycles. The number of H-pyrrole nitrogens is 1. The lowest BCUT2D eigenvalue weighted by atomic mass is 10.1. The molecule has 1 aromatic carbocycles. The second-order valence-electron chi connectivity index (χ2n) is 7.55. The Labute approximate surface area is 198 Å². The maximum atomic E-state index is 13.3. The fraction of sp³-hybridized carbons (Fsp3) is 0.227. The third kappa shape index (κ3) is 4.02. The van der Waals surface area contributed by atoms with Crippen LogP contribution in [0.25, 0.3) is 21.8 Å². The van der Waals surface area contributed by atoms with Gasteiger partial charge in [-0.1, -0.05) is 34.8 Å². The Morgan fingerprint density at radius 2 is 1.97 bits per heavy atom. The fourth-order valence-electron chi connectivity index (χ4n) is 3.99. The van der Waals surface area contributed by atoms with Gasteiger partial charge in [0.05, 0.1) is 46.2 Å². The Morgan fingerprint density at radius 1 is 1.16 bits per heavy atom. The van der Waals surface area contributed by atoms with E-state index in [1.165, 1.54) is 0 Å². The zero-order valence-electron chi connectivity index (χ0n) is 16.7. The van der Waals surface area contributed by atoms with E-state index in [9.17, 15) is 4.79 Å². The van der Waals surface area contributed by atoms with Crippen LogP contribution in [0.4, 0.5) is 5.69 Å². The van der Waals surface area contributed by atoms with Gasteiger partial charge in [0.1, 0.15) is 6.04 Å². The molecule has 0 aliphatic carbocycles. The molecule has 1 saturated heterocycles. The number of ether oxygens (including phenoxy) is 1. The summed E-state index contributed by atoms with van der Waals surface area (Å²) in [6.45, 7) is 1.74. The number of carbonyl (C=O) groups is 1. The van der Waals surface area contributed by atoms with Crippen LogP contribution >= 0.6 is 34.8 Å². The Hall–Kier alpha value is -2.42. The van der Waals surface area contributed by atoms with Gasteiger partial charge in [0, 0.05) is 53.0 Å². The molecule has 10 heteroatoms. The van der Waals surface area contributed by atoms with Gasteiger partial charge in [0.15, 0.2) is 0 Å². The van der Waals surface area contributed by atoms with Gasteiger partial charge in [-0.15, -0.1) is 0 Å². The maximum absolute atomic E-state index is 13.3. The van der Waals surface area contributed by atoms with Crippen LogP contribution in [0.3, 0.4) is 0 Å². The number of anilines is 1. The lowest BCUT2D eigenvalue weighted by Crippen LogP contribution is -2.51. The first kappa shape index (κ1) is 21.4. The predicted octanol–water partition coefficient (Wildman–Crippen LogP) is 4.91. The van der Waals surface area contributed by atoms with Gasteiger partial charge in [-0.05, 0) is 18.2 Å². The number of amides is 1. The Bertz CT molecular complexity index is 1310. The number of hydrogen-bond acceptors (Lipinski definition) is 5. The molecule has 1 aliphatic heterocycles. The van der Waals surface area contributed by atoms with Gasteiger partial charge in [-0.25, -0.2) is 0 Å². The van der Waals surface area contributed by atoms with E-state index in [-0.39, 0.29) is 12.5 Å². The van der Waals surface area contributed by atoms with Crippen LogP contribution in [-0.2, 0) is 16.1 Å². The van der Waals surface area contributed by atoms with Gasteiger partial charge >= 0.3 is 0 Å². The van der Waals surface area contributed by atoms with Crippen LogP contribution in [0, 0.1) is 0 Å². The molecule has 4 aromatic rings. The molecule has 4 heterocycles. The molecule has 1 amide bonds. The van der Waals surface area contributed by atoms with E-state index in [0.29, 0.717) is 40.5 Å². The molecule has 164 valence electrons. The summed E-state index contributed by atoms with van der Waals surface area (Å²) in [5.41, 5.74) is 2.98. The zero-order chi connectivity index (χ0) is 22.2. The molecule has 1 aliphatic rings. The summed E-state index contributed by atoms with van der Waals surface area (Å²) in [6, 6.07) is 4.99. The quantitative estimate of drug-likeness (QED) is 0.425. The van der Waals surface area contributed by atoms with E-state index in [4.69, 9.17) is 39.5 Å². The number of aromatic nitrogens is 3. The monoisotopic (exact) mass is 489 g/mol. The van der Waals surface area contributed by atoms with Gasteiger partial charge in [0.2, 0.25) is 5.91 Å². The van der Waals surface area contributed by atoms with Crippen molar-refractivity contribution in [1.82, 2.24) is 19.9 Å². The fourth-order valence-corrected chi connectivity index (χ4v) is 4.70. The van der Waals surface area contributed by atoms with Crippen LogP contribution in [0.15, 0.2) is 43.0 Å². The van der Waals surface area contributed by atoms with Crippen molar-refractivity contribution >= 4 is 68.2 Å². The molecule has 5 rings (SSSR count). The number of hydrogen-bond donors (Lipinski definition) is 2. The molecule has 0 unspecified atom stereocenters. The lowest BCUT2D eigenvalue weighted by Gasteiger charge is -2.34. The molecule has 1 atom stereocenters. The van der Waals surface area contributed by atoms with Crippen molar-refractivity contribution in [3.8, 4) is 0 Å². The molecule has 0 spiro atoms. The summed E-state index contributed by atoms with van der Waals surface area (Å²) < 4.78 is 5.61. The van der Waals surface area contributed by atoms with Crippen LogP contribution in [0.2, 0.25) is 15.1 Å². The first-order valence-electron chi connectivity index (χ1n) is 9.97. The number of halogens is 3. The average molecular weight is 491 g/mol. The average Bonchev–Trinajstić information content (AvgIpc) is 3.15. The van der Waals surface area contributed by atoms with Gasteiger partial charge in [-0.2, -0.15) is 0 Å². The van der Waals surface area contributed by atoms with E-state index in [0.717, 1.165) is 27.4 Å². The number of rotatable bonds is 4. The van der Waals surface area contributed by atoms with E-state index < -0.39 is 6.04 Å². The minimum absolute atomic E-state index is 0.202. The second-order valence-corrected chi connectivity index (χ2v) is 8.81. The number of nitrogens with one attached hydrogen (secondary N) is 2. The number of benzene rings is 1. The minimum atomic E-state index is -0.524. The van der Waals surface area contributed by atoms with Crippen molar-refractivity contribution in [2.75, 3.05) is 25.1 Å². The number of fused-ring (bicyclic) bond motifs is 3. The van der Waals surface area contributed by atoms with Gasteiger partial charge in [-0.3, -0.25) is 19.7 Å². The molecule has 3 aromatic heterocycles. The Kier molecular flexibility index (Phi) is 5.92. The van der Waals surface area contributed by atoms with Crippen LogP contribution < -0.4 is 5.32 Å².